The number of hydrogen-bond acceptors (Lipinski definition) is 6. The van der Waals surface area contributed by atoms with Crippen LogP contribution in [-0.2, 0) is 19.6 Å². The van der Waals surface area contributed by atoms with E-state index in [0.29, 0.717) is 15.3 Å². The van der Waals surface area contributed by atoms with Crippen LogP contribution < -0.4 is 10.4 Å². The molecule has 0 N–H and O–H groups in total. The number of esters is 1. The minimum absolute atomic E-state index is 0.0738. The van der Waals surface area contributed by atoms with Crippen LogP contribution in [-0.4, -0.2) is 35.6 Å². The Balaban J connectivity index is 2.03. The summed E-state index contributed by atoms with van der Waals surface area (Å²) in [6.07, 6.45) is 0. The monoisotopic (exact) mass is 528 g/mol. The molecule has 1 unspecified atom stereocenters. The molecule has 0 saturated heterocycles. The van der Waals surface area contributed by atoms with Crippen molar-refractivity contribution in [3.8, 4) is 5.75 Å². The Kier molecular flexibility index (Phi) is 6.72. The average molecular weight is 529 g/mol. The zero-order valence-corrected chi connectivity index (χ0v) is 21.7. The molecule has 0 amide bonds. The van der Waals surface area contributed by atoms with Crippen LogP contribution in [0.5, 0.6) is 5.75 Å². The van der Waals surface area contributed by atoms with Crippen molar-refractivity contribution in [1.82, 2.24) is 8.54 Å². The number of rotatable bonds is 6. The molecule has 0 aliphatic heterocycles. The van der Waals surface area contributed by atoms with Crippen LogP contribution in [0.3, 0.4) is 0 Å². The van der Waals surface area contributed by atoms with Crippen molar-refractivity contribution in [2.24, 2.45) is 0 Å². The fourth-order valence-corrected chi connectivity index (χ4v) is 5.45. The van der Waals surface area contributed by atoms with Gasteiger partial charge in [-0.05, 0) is 68.8 Å². The first-order valence-electron chi connectivity index (χ1n) is 11.0. The van der Waals surface area contributed by atoms with Gasteiger partial charge in [0, 0.05) is 5.02 Å². The molecule has 0 saturated carbocycles. The number of nitrogens with zero attached hydrogens (tertiary/aromatic N) is 2. The van der Waals surface area contributed by atoms with Gasteiger partial charge in [0.2, 0.25) is 0 Å². The van der Waals surface area contributed by atoms with Gasteiger partial charge in [0.15, 0.2) is 6.04 Å². The molecule has 0 bridgehead atoms. The standard InChI is InChI=1S/C26H25ClN2O6S/c1-26(2,3)35-24(30)23(17-8-6-5-7-9-17)28-22-16-18(27)10-15-21(22)29(25(28)31)36(32,33)20-13-11-19(34-4)12-14-20/h5-16,23H,1-4H3. The Morgan fingerprint density at radius 1 is 0.944 bits per heavy atom. The third kappa shape index (κ3) is 4.76. The van der Waals surface area contributed by atoms with Crippen molar-refractivity contribution < 1.29 is 22.7 Å². The summed E-state index contributed by atoms with van der Waals surface area (Å²) < 4.78 is 39.9. The molecule has 1 heterocycles. The number of halogens is 1. The van der Waals surface area contributed by atoms with E-state index in [-0.39, 0.29) is 21.0 Å². The number of ether oxygens (including phenoxy) is 2. The Bertz CT molecular complexity index is 1580. The van der Waals surface area contributed by atoms with E-state index in [0.717, 1.165) is 4.57 Å². The highest BCUT2D eigenvalue weighted by Crippen LogP contribution is 2.29. The van der Waals surface area contributed by atoms with Gasteiger partial charge in [-0.1, -0.05) is 41.9 Å². The normalized spacial score (nSPS) is 12.9. The van der Waals surface area contributed by atoms with Crippen molar-refractivity contribution in [1.29, 1.82) is 0 Å². The minimum atomic E-state index is -4.36. The predicted octanol–water partition coefficient (Wildman–Crippen LogP) is 4.63. The van der Waals surface area contributed by atoms with Crippen molar-refractivity contribution in [3.63, 3.8) is 0 Å². The number of carbonyl (C=O) groups excluding carboxylic acids is 1. The molecule has 10 heteroatoms. The van der Waals surface area contributed by atoms with Gasteiger partial charge in [-0.3, -0.25) is 4.57 Å². The maximum atomic E-state index is 13.9. The number of benzene rings is 3. The van der Waals surface area contributed by atoms with Gasteiger partial charge in [-0.15, -0.1) is 0 Å². The number of imidazole rings is 1. The van der Waals surface area contributed by atoms with Crippen LogP contribution >= 0.6 is 11.6 Å². The van der Waals surface area contributed by atoms with Gasteiger partial charge in [0.05, 0.1) is 23.0 Å². The Hall–Kier alpha value is -3.56. The smallest absolute Gasteiger partial charge is 0.344 e. The molecule has 0 aliphatic rings. The Labute approximate surface area is 213 Å². The third-order valence-electron chi connectivity index (χ3n) is 5.40. The molecule has 1 atom stereocenters. The van der Waals surface area contributed by atoms with Gasteiger partial charge in [0.25, 0.3) is 10.0 Å². The molecule has 0 fully saturated rings. The molecule has 4 rings (SSSR count). The quantitative estimate of drug-likeness (QED) is 0.338. The van der Waals surface area contributed by atoms with E-state index in [9.17, 15) is 18.0 Å². The maximum Gasteiger partial charge on any atom is 0.344 e. The number of methoxy groups -OCH3 is 1. The van der Waals surface area contributed by atoms with E-state index in [2.05, 4.69) is 0 Å². The summed E-state index contributed by atoms with van der Waals surface area (Å²) in [6, 6.07) is 17.4. The van der Waals surface area contributed by atoms with Crippen LogP contribution in [0.25, 0.3) is 11.0 Å². The third-order valence-corrected chi connectivity index (χ3v) is 7.33. The fraction of sp³-hybridized carbons (Fsp3) is 0.231. The molecular formula is C26H25ClN2O6S. The molecule has 3 aromatic carbocycles. The SMILES string of the molecule is COc1ccc(S(=O)(=O)n2c(=O)n(C(C(=O)OC(C)(C)C)c3ccccc3)c3cc(Cl)ccc32)cc1. The van der Waals surface area contributed by atoms with Gasteiger partial charge in [0.1, 0.15) is 11.4 Å². The van der Waals surface area contributed by atoms with E-state index in [4.69, 9.17) is 21.1 Å². The second-order valence-electron chi connectivity index (χ2n) is 9.08. The lowest BCUT2D eigenvalue weighted by atomic mass is 10.1. The second-order valence-corrected chi connectivity index (χ2v) is 11.3. The van der Waals surface area contributed by atoms with Crippen LogP contribution in [0.4, 0.5) is 0 Å². The van der Waals surface area contributed by atoms with E-state index in [1.165, 1.54) is 49.6 Å². The molecule has 188 valence electrons. The highest BCUT2D eigenvalue weighted by molar-refractivity contribution is 7.90. The van der Waals surface area contributed by atoms with E-state index in [1.807, 2.05) is 0 Å². The van der Waals surface area contributed by atoms with Crippen molar-refractivity contribution in [2.45, 2.75) is 37.3 Å². The molecule has 0 aliphatic carbocycles. The maximum absolute atomic E-state index is 13.9. The number of hydrogen-bond donors (Lipinski definition) is 0. The van der Waals surface area contributed by atoms with E-state index >= 15 is 0 Å². The molecule has 4 aromatic rings. The second kappa shape index (κ2) is 9.48. The van der Waals surface area contributed by atoms with E-state index in [1.54, 1.807) is 51.1 Å². The summed E-state index contributed by atoms with van der Waals surface area (Å²) in [4.78, 5) is 27.2. The summed E-state index contributed by atoms with van der Waals surface area (Å²) in [5, 5.41) is 0.270. The molecule has 0 spiro atoms. The lowest BCUT2D eigenvalue weighted by Crippen LogP contribution is -2.37. The summed E-state index contributed by atoms with van der Waals surface area (Å²) in [6.45, 7) is 5.14. The van der Waals surface area contributed by atoms with Gasteiger partial charge in [-0.25, -0.2) is 18.0 Å². The van der Waals surface area contributed by atoms with Crippen LogP contribution in [0.1, 0.15) is 32.4 Å². The van der Waals surface area contributed by atoms with Crippen LogP contribution in [0.15, 0.2) is 82.5 Å². The molecule has 1 aromatic heterocycles. The number of aromatic nitrogens is 2. The average Bonchev–Trinajstić information content (AvgIpc) is 3.10. The zero-order valence-electron chi connectivity index (χ0n) is 20.1. The first-order valence-corrected chi connectivity index (χ1v) is 12.9. The fourth-order valence-electron chi connectivity index (χ4n) is 3.88. The predicted molar refractivity (Wildman–Crippen MR) is 137 cm³/mol. The largest absolute Gasteiger partial charge is 0.497 e. The van der Waals surface area contributed by atoms with Gasteiger partial charge in [-0.2, -0.15) is 3.97 Å². The van der Waals surface area contributed by atoms with Crippen molar-refractivity contribution >= 4 is 38.6 Å². The van der Waals surface area contributed by atoms with Crippen LogP contribution in [0, 0.1) is 0 Å². The highest BCUT2D eigenvalue weighted by atomic mass is 35.5. The summed E-state index contributed by atoms with van der Waals surface area (Å²) in [5.41, 5.74) is -1.08. The van der Waals surface area contributed by atoms with Crippen molar-refractivity contribution in [2.75, 3.05) is 7.11 Å². The molecule has 8 nitrogen and oxygen atoms in total. The molecule has 36 heavy (non-hydrogen) atoms. The molecule has 0 radical (unpaired) electrons. The summed E-state index contributed by atoms with van der Waals surface area (Å²) in [5.74, 6) is -0.249. The molecular weight excluding hydrogens is 504 g/mol. The number of fused-ring (bicyclic) bond motifs is 1. The first-order chi connectivity index (χ1) is 16.9. The zero-order chi connectivity index (χ0) is 26.3. The highest BCUT2D eigenvalue weighted by Gasteiger charge is 2.34. The van der Waals surface area contributed by atoms with Gasteiger partial charge >= 0.3 is 11.7 Å². The lowest BCUT2D eigenvalue weighted by molar-refractivity contribution is -0.157. The first kappa shape index (κ1) is 25.5. The summed E-state index contributed by atoms with van der Waals surface area (Å²) >= 11 is 6.25. The van der Waals surface area contributed by atoms with E-state index < -0.39 is 33.3 Å². The lowest BCUT2D eigenvalue weighted by Gasteiger charge is -2.25. The van der Waals surface area contributed by atoms with Crippen LogP contribution in [0.2, 0.25) is 5.02 Å². The summed E-state index contributed by atoms with van der Waals surface area (Å²) in [7, 11) is -2.89. The minimum Gasteiger partial charge on any atom is -0.497 e. The topological polar surface area (TPSA) is 96.6 Å². The number of carbonyl (C=O) groups is 1. The Morgan fingerprint density at radius 2 is 1.58 bits per heavy atom. The van der Waals surface area contributed by atoms with Gasteiger partial charge < -0.3 is 9.47 Å². The Morgan fingerprint density at radius 3 is 2.17 bits per heavy atom. The van der Waals surface area contributed by atoms with Crippen molar-refractivity contribution in [3.05, 3.63) is 93.9 Å².